The van der Waals surface area contributed by atoms with E-state index in [1.54, 1.807) is 24.3 Å². The van der Waals surface area contributed by atoms with E-state index < -0.39 is 21.3 Å². The Labute approximate surface area is 117 Å². The third-order valence-corrected chi connectivity index (χ3v) is 5.25. The Morgan fingerprint density at radius 1 is 1.32 bits per heavy atom. The number of primary amides is 1. The standard InChI is InChI=1S/C12H15ClN2O3S/c13-9-2-1-3-10(8-9)15-12(11(14)16)4-6-19(17,18)7-5-12/h1-3,8,15H,4-7H2,(H2,14,16). The summed E-state index contributed by atoms with van der Waals surface area (Å²) in [5.74, 6) is -0.616. The van der Waals surface area contributed by atoms with Crippen molar-refractivity contribution in [2.45, 2.75) is 18.4 Å². The van der Waals surface area contributed by atoms with Crippen LogP contribution in [-0.4, -0.2) is 31.4 Å². The van der Waals surface area contributed by atoms with E-state index in [1.807, 2.05) is 0 Å². The van der Waals surface area contributed by atoms with Gasteiger partial charge in [0, 0.05) is 10.7 Å². The van der Waals surface area contributed by atoms with Crippen LogP contribution in [0.1, 0.15) is 12.8 Å². The number of carbonyl (C=O) groups is 1. The summed E-state index contributed by atoms with van der Waals surface area (Å²) < 4.78 is 22.9. The largest absolute Gasteiger partial charge is 0.371 e. The van der Waals surface area contributed by atoms with Gasteiger partial charge in [0.1, 0.15) is 5.54 Å². The highest BCUT2D eigenvalue weighted by molar-refractivity contribution is 7.91. The molecule has 0 unspecified atom stereocenters. The van der Waals surface area contributed by atoms with E-state index in [4.69, 9.17) is 17.3 Å². The molecule has 1 fully saturated rings. The average molecular weight is 303 g/mol. The molecule has 0 saturated carbocycles. The van der Waals surface area contributed by atoms with E-state index in [9.17, 15) is 13.2 Å². The maximum absolute atomic E-state index is 11.7. The van der Waals surface area contributed by atoms with Crippen molar-refractivity contribution >= 4 is 33.0 Å². The Hall–Kier alpha value is -1.27. The molecule has 1 heterocycles. The number of benzene rings is 1. The second kappa shape index (κ2) is 5.02. The first-order valence-electron chi connectivity index (χ1n) is 5.87. The molecular formula is C12H15ClN2O3S. The zero-order valence-corrected chi connectivity index (χ0v) is 11.8. The fraction of sp³-hybridized carbons (Fsp3) is 0.417. The number of anilines is 1. The summed E-state index contributed by atoms with van der Waals surface area (Å²) >= 11 is 5.88. The minimum absolute atomic E-state index is 0.0382. The number of hydrogen-bond acceptors (Lipinski definition) is 4. The predicted octanol–water partition coefficient (Wildman–Crippen LogP) is 1.18. The van der Waals surface area contributed by atoms with Crippen molar-refractivity contribution in [1.82, 2.24) is 0 Å². The van der Waals surface area contributed by atoms with Gasteiger partial charge in [-0.15, -0.1) is 0 Å². The lowest BCUT2D eigenvalue weighted by molar-refractivity contribution is -0.122. The van der Waals surface area contributed by atoms with E-state index in [0.717, 1.165) is 0 Å². The fourth-order valence-electron chi connectivity index (χ4n) is 2.16. The Morgan fingerprint density at radius 2 is 1.95 bits per heavy atom. The molecule has 1 saturated heterocycles. The molecule has 1 amide bonds. The molecule has 1 aromatic rings. The van der Waals surface area contributed by atoms with Crippen LogP contribution in [0.2, 0.25) is 5.02 Å². The van der Waals surface area contributed by atoms with Crippen molar-refractivity contribution in [3.63, 3.8) is 0 Å². The molecule has 0 aromatic heterocycles. The summed E-state index contributed by atoms with van der Waals surface area (Å²) in [5, 5.41) is 3.58. The van der Waals surface area contributed by atoms with Crippen LogP contribution in [0.25, 0.3) is 0 Å². The maximum atomic E-state index is 11.7. The monoisotopic (exact) mass is 302 g/mol. The first kappa shape index (κ1) is 14.1. The van der Waals surface area contributed by atoms with E-state index in [2.05, 4.69) is 5.32 Å². The number of nitrogens with one attached hydrogen (secondary N) is 1. The average Bonchev–Trinajstić information content (AvgIpc) is 2.32. The number of rotatable bonds is 3. The third kappa shape index (κ3) is 3.19. The summed E-state index contributed by atoms with van der Waals surface area (Å²) in [6.07, 6.45) is 0.356. The number of nitrogens with two attached hydrogens (primary N) is 1. The molecule has 7 heteroatoms. The van der Waals surface area contributed by atoms with Crippen LogP contribution >= 0.6 is 11.6 Å². The highest BCUT2D eigenvalue weighted by atomic mass is 35.5. The van der Waals surface area contributed by atoms with Gasteiger partial charge in [0.15, 0.2) is 9.84 Å². The lowest BCUT2D eigenvalue weighted by atomic mass is 9.91. The zero-order valence-electron chi connectivity index (χ0n) is 10.2. The summed E-state index contributed by atoms with van der Waals surface area (Å²) in [7, 11) is -3.06. The van der Waals surface area contributed by atoms with Gasteiger partial charge in [0.2, 0.25) is 5.91 Å². The Kier molecular flexibility index (Phi) is 3.73. The molecular weight excluding hydrogens is 288 g/mol. The van der Waals surface area contributed by atoms with Crippen molar-refractivity contribution in [1.29, 1.82) is 0 Å². The molecule has 0 atom stereocenters. The Morgan fingerprint density at radius 3 is 2.47 bits per heavy atom. The van der Waals surface area contributed by atoms with Crippen molar-refractivity contribution < 1.29 is 13.2 Å². The minimum Gasteiger partial charge on any atom is -0.371 e. The van der Waals surface area contributed by atoms with Gasteiger partial charge in [0.05, 0.1) is 11.5 Å². The second-order valence-corrected chi connectivity index (χ2v) is 7.47. The highest BCUT2D eigenvalue weighted by Crippen LogP contribution is 2.29. The topological polar surface area (TPSA) is 89.3 Å². The van der Waals surface area contributed by atoms with Gasteiger partial charge >= 0.3 is 0 Å². The van der Waals surface area contributed by atoms with Crippen LogP contribution in [-0.2, 0) is 14.6 Å². The van der Waals surface area contributed by atoms with Gasteiger partial charge in [-0.1, -0.05) is 17.7 Å². The van der Waals surface area contributed by atoms with Crippen LogP contribution in [0, 0.1) is 0 Å². The summed E-state index contributed by atoms with van der Waals surface area (Å²) in [4.78, 5) is 11.7. The van der Waals surface area contributed by atoms with Crippen LogP contribution in [0.3, 0.4) is 0 Å². The van der Waals surface area contributed by atoms with E-state index in [0.29, 0.717) is 10.7 Å². The first-order chi connectivity index (χ1) is 8.83. The molecule has 0 aliphatic carbocycles. The number of sulfone groups is 1. The minimum atomic E-state index is -3.06. The Balaban J connectivity index is 2.24. The predicted molar refractivity (Wildman–Crippen MR) is 74.9 cm³/mol. The molecule has 1 aliphatic heterocycles. The first-order valence-corrected chi connectivity index (χ1v) is 8.07. The van der Waals surface area contributed by atoms with Gasteiger partial charge < -0.3 is 11.1 Å². The van der Waals surface area contributed by atoms with Crippen molar-refractivity contribution in [3.8, 4) is 0 Å². The fourth-order valence-corrected chi connectivity index (χ4v) is 3.88. The lowest BCUT2D eigenvalue weighted by Crippen LogP contribution is -2.55. The number of hydrogen-bond donors (Lipinski definition) is 2. The molecule has 1 aliphatic rings. The van der Waals surface area contributed by atoms with Gasteiger partial charge in [-0.05, 0) is 31.0 Å². The van der Waals surface area contributed by atoms with Crippen molar-refractivity contribution in [2.75, 3.05) is 16.8 Å². The zero-order chi connectivity index (χ0) is 14.1. The smallest absolute Gasteiger partial charge is 0.243 e. The SMILES string of the molecule is NC(=O)C1(Nc2cccc(Cl)c2)CCS(=O)(=O)CC1. The molecule has 0 radical (unpaired) electrons. The van der Waals surface area contributed by atoms with Crippen molar-refractivity contribution in [3.05, 3.63) is 29.3 Å². The highest BCUT2D eigenvalue weighted by Gasteiger charge is 2.42. The summed E-state index contributed by atoms with van der Waals surface area (Å²) in [6.45, 7) is 0. The van der Waals surface area contributed by atoms with Crippen LogP contribution < -0.4 is 11.1 Å². The van der Waals surface area contributed by atoms with Gasteiger partial charge in [-0.2, -0.15) is 0 Å². The molecule has 0 bridgehead atoms. The third-order valence-electron chi connectivity index (χ3n) is 3.36. The molecule has 0 spiro atoms. The summed E-state index contributed by atoms with van der Waals surface area (Å²) in [5.41, 5.74) is 5.09. The van der Waals surface area contributed by atoms with Crippen LogP contribution in [0.15, 0.2) is 24.3 Å². The molecule has 2 rings (SSSR count). The van der Waals surface area contributed by atoms with E-state index >= 15 is 0 Å². The van der Waals surface area contributed by atoms with Crippen molar-refractivity contribution in [2.24, 2.45) is 5.73 Å². The van der Waals surface area contributed by atoms with E-state index in [1.165, 1.54) is 0 Å². The maximum Gasteiger partial charge on any atom is 0.243 e. The lowest BCUT2D eigenvalue weighted by Gasteiger charge is -2.35. The normalized spacial score (nSPS) is 20.7. The van der Waals surface area contributed by atoms with Gasteiger partial charge in [-0.25, -0.2) is 8.42 Å². The second-order valence-electron chi connectivity index (χ2n) is 4.73. The number of halogens is 1. The molecule has 5 nitrogen and oxygen atoms in total. The number of carbonyl (C=O) groups excluding carboxylic acids is 1. The van der Waals surface area contributed by atoms with Gasteiger partial charge in [0.25, 0.3) is 0 Å². The van der Waals surface area contributed by atoms with Gasteiger partial charge in [-0.3, -0.25) is 4.79 Å². The van der Waals surface area contributed by atoms with E-state index in [-0.39, 0.29) is 24.3 Å². The molecule has 1 aromatic carbocycles. The number of amides is 1. The molecule has 19 heavy (non-hydrogen) atoms. The van der Waals surface area contributed by atoms with Crippen LogP contribution in [0.4, 0.5) is 5.69 Å². The summed E-state index contributed by atoms with van der Waals surface area (Å²) in [6, 6.07) is 6.91. The van der Waals surface area contributed by atoms with Crippen LogP contribution in [0.5, 0.6) is 0 Å². The molecule has 104 valence electrons. The molecule has 3 N–H and O–H groups in total. The Bertz CT molecular complexity index is 587. The quantitative estimate of drug-likeness (QED) is 0.877.